The zero-order valence-electron chi connectivity index (χ0n) is 9.08. The Kier molecular flexibility index (Phi) is 2.74. The second-order valence-electron chi connectivity index (χ2n) is 4.02. The average Bonchev–Trinajstić information content (AvgIpc) is 2.19. The highest BCUT2D eigenvalue weighted by molar-refractivity contribution is 7.56. The summed E-state index contributed by atoms with van der Waals surface area (Å²) in [4.78, 5) is 0. The van der Waals surface area contributed by atoms with Gasteiger partial charge in [0.2, 0.25) is 0 Å². The highest BCUT2D eigenvalue weighted by Gasteiger charge is 2.68. The molecule has 0 spiro atoms. The monoisotopic (exact) mass is 209 g/mol. The summed E-state index contributed by atoms with van der Waals surface area (Å²) in [6, 6.07) is 0. The molecule has 1 rings (SSSR count). The van der Waals surface area contributed by atoms with Crippen molar-refractivity contribution in [3.63, 3.8) is 0 Å². The minimum absolute atomic E-state index is 0.396. The van der Waals surface area contributed by atoms with Gasteiger partial charge in [0, 0.05) is 0 Å². The molecule has 13 heavy (non-hydrogen) atoms. The summed E-state index contributed by atoms with van der Waals surface area (Å²) in [5.41, 5.74) is -0.792. The first kappa shape index (κ1) is 11.3. The molecule has 4 nitrogen and oxygen atoms in total. The van der Waals surface area contributed by atoms with Crippen molar-refractivity contribution in [2.45, 2.75) is 38.9 Å². The fourth-order valence-corrected chi connectivity index (χ4v) is 3.06. The summed E-state index contributed by atoms with van der Waals surface area (Å²) < 4.78 is 21.7. The lowest BCUT2D eigenvalue weighted by atomic mass is 9.90. The highest BCUT2D eigenvalue weighted by atomic mass is 31.2. The molecule has 0 amide bonds. The van der Waals surface area contributed by atoms with E-state index in [0.29, 0.717) is 0 Å². The Hall–Kier alpha value is 0.270. The molecule has 78 valence electrons. The first-order chi connectivity index (χ1) is 5.79. The number of rotatable bonds is 2. The topological polar surface area (TPSA) is 36.9 Å². The molecular weight excluding hydrogens is 191 g/mol. The smallest absolute Gasteiger partial charge is 0.156 e. The van der Waals surface area contributed by atoms with Gasteiger partial charge < -0.3 is 0 Å². The molecular formula is C8H18O4P+. The Morgan fingerprint density at radius 3 is 1.31 bits per heavy atom. The lowest BCUT2D eigenvalue weighted by Gasteiger charge is -2.23. The van der Waals surface area contributed by atoms with E-state index >= 15 is 0 Å². The van der Waals surface area contributed by atoms with Crippen molar-refractivity contribution in [2.24, 2.45) is 0 Å². The molecule has 1 aliphatic heterocycles. The van der Waals surface area contributed by atoms with E-state index in [1.165, 1.54) is 14.2 Å². The lowest BCUT2D eigenvalue weighted by Crippen LogP contribution is -2.41. The first-order valence-corrected chi connectivity index (χ1v) is 5.67. The molecule has 0 unspecified atom stereocenters. The quantitative estimate of drug-likeness (QED) is 0.655. The van der Waals surface area contributed by atoms with Crippen molar-refractivity contribution in [3.05, 3.63) is 0 Å². The predicted octanol–water partition coefficient (Wildman–Crippen LogP) is 2.56. The summed E-state index contributed by atoms with van der Waals surface area (Å²) in [5, 5.41) is 0. The molecule has 1 fully saturated rings. The van der Waals surface area contributed by atoms with Gasteiger partial charge in [0.25, 0.3) is 0 Å². The fourth-order valence-electron chi connectivity index (χ4n) is 1.02. The molecule has 0 aromatic rings. The molecule has 0 aromatic heterocycles. The van der Waals surface area contributed by atoms with Crippen LogP contribution >= 0.6 is 8.17 Å². The molecule has 1 aliphatic rings. The average molecular weight is 209 g/mol. The molecule has 0 aliphatic carbocycles. The summed E-state index contributed by atoms with van der Waals surface area (Å²) in [6.45, 7) is 7.86. The number of hydrogen-bond acceptors (Lipinski definition) is 4. The van der Waals surface area contributed by atoms with Gasteiger partial charge in [0.1, 0.15) is 11.2 Å². The lowest BCUT2D eigenvalue weighted by molar-refractivity contribution is 0.00578. The van der Waals surface area contributed by atoms with Crippen LogP contribution in [0.15, 0.2) is 0 Å². The minimum Gasteiger partial charge on any atom is -0.156 e. The van der Waals surface area contributed by atoms with Crippen LogP contribution in [-0.4, -0.2) is 25.4 Å². The standard InChI is InChI=1S/C8H18O4P/c1-7(2)8(3,4)12-13(9-5,10-6)11-7/h1-6H3/q+1. The van der Waals surface area contributed by atoms with Gasteiger partial charge in [-0.15, -0.1) is 9.05 Å². The molecule has 0 N–H and O–H groups in total. The largest absolute Gasteiger partial charge is 0.575 e. The zero-order valence-corrected chi connectivity index (χ0v) is 9.97. The fraction of sp³-hybridized carbons (Fsp3) is 1.00. The van der Waals surface area contributed by atoms with Crippen molar-refractivity contribution in [2.75, 3.05) is 14.2 Å². The van der Waals surface area contributed by atoms with Gasteiger partial charge in [-0.05, 0) is 27.7 Å². The van der Waals surface area contributed by atoms with Crippen LogP contribution < -0.4 is 0 Å². The zero-order chi connectivity index (χ0) is 10.3. The predicted molar refractivity (Wildman–Crippen MR) is 51.3 cm³/mol. The van der Waals surface area contributed by atoms with E-state index in [4.69, 9.17) is 18.1 Å². The van der Waals surface area contributed by atoms with Crippen molar-refractivity contribution in [1.82, 2.24) is 0 Å². The Labute approximate surface area is 80.2 Å². The third kappa shape index (κ3) is 1.74. The normalized spacial score (nSPS) is 29.1. The van der Waals surface area contributed by atoms with E-state index in [-0.39, 0.29) is 0 Å². The van der Waals surface area contributed by atoms with Crippen molar-refractivity contribution in [1.29, 1.82) is 0 Å². The third-order valence-corrected chi connectivity index (χ3v) is 4.83. The second-order valence-corrected chi connectivity index (χ2v) is 6.01. The molecule has 0 aromatic carbocycles. The second kappa shape index (κ2) is 3.14. The first-order valence-electron chi connectivity index (χ1n) is 4.21. The maximum atomic E-state index is 5.69. The van der Waals surface area contributed by atoms with Crippen LogP contribution in [0.1, 0.15) is 27.7 Å². The molecule has 1 saturated heterocycles. The molecule has 0 radical (unpaired) electrons. The van der Waals surface area contributed by atoms with Gasteiger partial charge in [-0.3, -0.25) is 0 Å². The maximum Gasteiger partial charge on any atom is 0.575 e. The van der Waals surface area contributed by atoms with E-state index in [0.717, 1.165) is 0 Å². The minimum atomic E-state index is -2.55. The van der Waals surface area contributed by atoms with Gasteiger partial charge >= 0.3 is 8.17 Å². The Bertz CT molecular complexity index is 180. The van der Waals surface area contributed by atoms with E-state index in [2.05, 4.69) is 0 Å². The van der Waals surface area contributed by atoms with E-state index in [1.54, 1.807) is 0 Å². The summed E-state index contributed by atoms with van der Waals surface area (Å²) in [7, 11) is 0.521. The summed E-state index contributed by atoms with van der Waals surface area (Å²) in [6.07, 6.45) is 0. The van der Waals surface area contributed by atoms with Crippen LogP contribution in [0.5, 0.6) is 0 Å². The van der Waals surface area contributed by atoms with Crippen LogP contribution in [0.2, 0.25) is 0 Å². The molecule has 1 heterocycles. The summed E-state index contributed by atoms with van der Waals surface area (Å²) in [5.74, 6) is 0. The van der Waals surface area contributed by atoms with Crippen molar-refractivity contribution < 1.29 is 18.1 Å². The Balaban J connectivity index is 2.91. The molecule has 5 heteroatoms. The maximum absolute atomic E-state index is 5.69. The van der Waals surface area contributed by atoms with Gasteiger partial charge in [-0.2, -0.15) is 9.05 Å². The van der Waals surface area contributed by atoms with E-state index < -0.39 is 19.4 Å². The van der Waals surface area contributed by atoms with Crippen LogP contribution in [0.25, 0.3) is 0 Å². The van der Waals surface area contributed by atoms with E-state index in [1.807, 2.05) is 27.7 Å². The van der Waals surface area contributed by atoms with Crippen LogP contribution in [0, 0.1) is 0 Å². The van der Waals surface area contributed by atoms with Gasteiger partial charge in [-0.1, -0.05) is 0 Å². The van der Waals surface area contributed by atoms with Crippen LogP contribution in [0.3, 0.4) is 0 Å². The van der Waals surface area contributed by atoms with Crippen molar-refractivity contribution in [3.8, 4) is 0 Å². The molecule has 0 saturated carbocycles. The van der Waals surface area contributed by atoms with Gasteiger partial charge in [0.05, 0.1) is 14.2 Å². The summed E-state index contributed by atoms with van der Waals surface area (Å²) >= 11 is 0. The SMILES string of the molecule is CO[P+]1(OC)OC(C)(C)C(C)(C)O1. The highest BCUT2D eigenvalue weighted by Crippen LogP contribution is 2.73. The van der Waals surface area contributed by atoms with E-state index in [9.17, 15) is 0 Å². The molecule has 0 atom stereocenters. The van der Waals surface area contributed by atoms with Crippen LogP contribution in [0.4, 0.5) is 0 Å². The molecule has 0 bridgehead atoms. The van der Waals surface area contributed by atoms with Gasteiger partial charge in [-0.25, -0.2) is 0 Å². The number of hydrogen-bond donors (Lipinski definition) is 0. The Morgan fingerprint density at radius 1 is 0.846 bits per heavy atom. The Morgan fingerprint density at radius 2 is 1.15 bits per heavy atom. The van der Waals surface area contributed by atoms with Crippen LogP contribution in [-0.2, 0) is 18.1 Å². The van der Waals surface area contributed by atoms with Crippen molar-refractivity contribution >= 4 is 8.17 Å². The third-order valence-electron chi connectivity index (χ3n) is 2.58. The van der Waals surface area contributed by atoms with Gasteiger partial charge in [0.15, 0.2) is 0 Å².